The van der Waals surface area contributed by atoms with Crippen LogP contribution in [0.5, 0.6) is 0 Å². The zero-order chi connectivity index (χ0) is 36.6. The van der Waals surface area contributed by atoms with Crippen LogP contribution >= 0.6 is 23.2 Å². The van der Waals surface area contributed by atoms with Gasteiger partial charge < -0.3 is 29.9 Å². The predicted molar refractivity (Wildman–Crippen MR) is 190 cm³/mol. The molecule has 2 N–H and O–H groups in total. The molecular formula is C36H47Cl2F2N5O4. The maximum atomic E-state index is 13.7. The van der Waals surface area contributed by atoms with Crippen LogP contribution in [0.15, 0.2) is 49.1 Å². The number of carbonyl (C=O) groups excluding carboxylic acids is 2. The molecule has 0 spiro atoms. The van der Waals surface area contributed by atoms with Crippen molar-refractivity contribution in [3.8, 4) is 6.07 Å². The normalized spacial score (nSPS) is 17.1. The average Bonchev–Trinajstić information content (AvgIpc) is 3.00. The number of hydrogen-bond donors (Lipinski definition) is 2. The molecule has 2 aliphatic heterocycles. The lowest BCUT2D eigenvalue weighted by Crippen LogP contribution is -2.51. The van der Waals surface area contributed by atoms with E-state index in [0.29, 0.717) is 50.4 Å². The van der Waals surface area contributed by atoms with Crippen molar-refractivity contribution in [3.05, 3.63) is 70.7 Å². The van der Waals surface area contributed by atoms with Gasteiger partial charge in [-0.15, -0.1) is 6.58 Å². The lowest BCUT2D eigenvalue weighted by molar-refractivity contribution is 0.0173. The van der Waals surface area contributed by atoms with Crippen molar-refractivity contribution in [1.82, 2.24) is 9.80 Å². The highest BCUT2D eigenvalue weighted by molar-refractivity contribution is 6.31. The van der Waals surface area contributed by atoms with E-state index >= 15 is 0 Å². The van der Waals surface area contributed by atoms with Gasteiger partial charge in [0.15, 0.2) is 0 Å². The van der Waals surface area contributed by atoms with Crippen LogP contribution in [-0.2, 0) is 9.47 Å². The van der Waals surface area contributed by atoms with Crippen LogP contribution in [-0.4, -0.2) is 70.4 Å². The average molecular weight is 723 g/mol. The minimum atomic E-state index is -0.848. The minimum absolute atomic E-state index is 0.0336. The Labute approximate surface area is 298 Å². The largest absolute Gasteiger partial charge is 0.444 e. The van der Waals surface area contributed by atoms with Crippen molar-refractivity contribution in [2.45, 2.75) is 95.9 Å². The van der Waals surface area contributed by atoms with Crippen molar-refractivity contribution in [2.75, 3.05) is 36.8 Å². The van der Waals surface area contributed by atoms with E-state index in [2.05, 4.69) is 23.3 Å². The third-order valence-electron chi connectivity index (χ3n) is 8.02. The molecule has 0 radical (unpaired) electrons. The number of hydrogen-bond acceptors (Lipinski definition) is 7. The lowest BCUT2D eigenvalue weighted by Gasteiger charge is -2.42. The summed E-state index contributed by atoms with van der Waals surface area (Å²) in [6, 6.07) is 11.3. The van der Waals surface area contributed by atoms with Crippen molar-refractivity contribution >= 4 is 46.8 Å². The first-order valence-electron chi connectivity index (χ1n) is 16.2. The number of halogens is 4. The van der Waals surface area contributed by atoms with Gasteiger partial charge in [0.05, 0.1) is 16.1 Å². The van der Waals surface area contributed by atoms with E-state index in [1.54, 1.807) is 21.9 Å². The number of nitrogens with one attached hydrogen (secondary N) is 2. The second-order valence-corrected chi connectivity index (χ2v) is 15.2. The summed E-state index contributed by atoms with van der Waals surface area (Å²) >= 11 is 11.4. The predicted octanol–water partition coefficient (Wildman–Crippen LogP) is 9.42. The molecule has 0 unspecified atom stereocenters. The molecule has 2 heterocycles. The highest BCUT2D eigenvalue weighted by Crippen LogP contribution is 2.33. The van der Waals surface area contributed by atoms with E-state index in [0.717, 1.165) is 19.3 Å². The number of amides is 2. The smallest absolute Gasteiger partial charge is 0.410 e. The quantitative estimate of drug-likeness (QED) is 0.286. The number of benzene rings is 2. The Kier molecular flexibility index (Phi) is 13.2. The topological polar surface area (TPSA) is 107 Å². The van der Waals surface area contributed by atoms with Crippen LogP contribution < -0.4 is 10.6 Å². The molecule has 0 atom stereocenters. The molecule has 268 valence electrons. The molecule has 4 rings (SSSR count). The summed E-state index contributed by atoms with van der Waals surface area (Å²) in [4.78, 5) is 27.6. The van der Waals surface area contributed by atoms with Crippen LogP contribution in [0.1, 0.15) is 73.6 Å². The molecule has 2 saturated heterocycles. The van der Waals surface area contributed by atoms with Gasteiger partial charge in [0.25, 0.3) is 0 Å². The number of likely N-dealkylation sites (tertiary alicyclic amines) is 2. The van der Waals surface area contributed by atoms with Crippen LogP contribution in [0.3, 0.4) is 0 Å². The summed E-state index contributed by atoms with van der Waals surface area (Å²) in [6.45, 7) is 16.8. The third-order valence-corrected chi connectivity index (χ3v) is 8.64. The standard InChI is InChI=1S/C19H26ClFN2O2.C17H21ClFN3O2/c1-5-8-19(22-14-6-7-15(20)16(21)13-14)9-11-23(12-10-19)17(24)25-18(2,3)4;1-16(2,3)24-15(23)22-8-6-17(11-20,7-9-22)21-12-4-5-13(18)14(19)10-12/h5-7,13,22H,1,8-12H2,2-4H3;4-5,10,21H,6-9H2,1-3H3. The van der Waals surface area contributed by atoms with E-state index in [1.165, 1.54) is 24.3 Å². The first kappa shape index (κ1) is 39.7. The van der Waals surface area contributed by atoms with Crippen molar-refractivity contribution < 1.29 is 27.8 Å². The van der Waals surface area contributed by atoms with Gasteiger partial charge in [-0.05, 0) is 97.2 Å². The third kappa shape index (κ3) is 12.0. The van der Waals surface area contributed by atoms with Gasteiger partial charge in [-0.1, -0.05) is 29.3 Å². The molecule has 9 nitrogen and oxygen atoms in total. The fourth-order valence-corrected chi connectivity index (χ4v) is 5.73. The number of carbonyl (C=O) groups is 2. The number of nitriles is 1. The van der Waals surface area contributed by atoms with Gasteiger partial charge in [-0.25, -0.2) is 18.4 Å². The summed E-state index contributed by atoms with van der Waals surface area (Å²) in [5, 5.41) is 16.2. The zero-order valence-electron chi connectivity index (χ0n) is 29.1. The Morgan fingerprint density at radius 2 is 1.24 bits per heavy atom. The molecule has 2 aliphatic rings. The summed E-state index contributed by atoms with van der Waals surface area (Å²) in [5.41, 5.74) is -1.01. The number of piperidine rings is 2. The van der Waals surface area contributed by atoms with Gasteiger partial charge in [0, 0.05) is 55.9 Å². The molecular weight excluding hydrogens is 675 g/mol. The SMILES string of the molecule is C=CCC1(Nc2ccc(Cl)c(F)c2)CCN(C(=O)OC(C)(C)C)CC1.CC(C)(C)OC(=O)N1CCC(C#N)(Nc2ccc(Cl)c(F)c2)CC1. The second kappa shape index (κ2) is 16.3. The summed E-state index contributed by atoms with van der Waals surface area (Å²) in [6.07, 6.45) is 4.19. The Morgan fingerprint density at radius 1 is 0.837 bits per heavy atom. The molecule has 2 amide bonds. The van der Waals surface area contributed by atoms with Crippen molar-refractivity contribution in [2.24, 2.45) is 0 Å². The Bertz CT molecular complexity index is 1520. The molecule has 2 fully saturated rings. The number of nitrogens with zero attached hydrogens (tertiary/aromatic N) is 3. The summed E-state index contributed by atoms with van der Waals surface area (Å²) in [7, 11) is 0. The van der Waals surface area contributed by atoms with Gasteiger partial charge >= 0.3 is 12.2 Å². The number of ether oxygens (including phenoxy) is 2. The Balaban J connectivity index is 0.000000266. The zero-order valence-corrected chi connectivity index (χ0v) is 30.6. The molecule has 0 saturated carbocycles. The van der Waals surface area contributed by atoms with E-state index in [4.69, 9.17) is 32.7 Å². The van der Waals surface area contributed by atoms with Gasteiger partial charge in [0.1, 0.15) is 28.4 Å². The van der Waals surface area contributed by atoms with E-state index < -0.39 is 28.4 Å². The van der Waals surface area contributed by atoms with E-state index in [9.17, 15) is 23.6 Å². The second-order valence-electron chi connectivity index (χ2n) is 14.4. The van der Waals surface area contributed by atoms with Crippen molar-refractivity contribution in [3.63, 3.8) is 0 Å². The molecule has 2 aromatic rings. The highest BCUT2D eigenvalue weighted by Gasteiger charge is 2.38. The van der Waals surface area contributed by atoms with Gasteiger partial charge in [-0.2, -0.15) is 5.26 Å². The highest BCUT2D eigenvalue weighted by atomic mass is 35.5. The Hall–Kier alpha value is -3.75. The number of anilines is 2. The molecule has 0 aliphatic carbocycles. The fraction of sp³-hybridized carbons (Fsp3) is 0.528. The molecule has 0 aromatic heterocycles. The monoisotopic (exact) mass is 721 g/mol. The van der Waals surface area contributed by atoms with E-state index in [-0.39, 0.29) is 27.8 Å². The van der Waals surface area contributed by atoms with Crippen LogP contribution in [0.2, 0.25) is 10.0 Å². The first-order chi connectivity index (χ1) is 22.8. The van der Waals surface area contributed by atoms with Crippen LogP contribution in [0, 0.1) is 23.0 Å². The van der Waals surface area contributed by atoms with Gasteiger partial charge in [-0.3, -0.25) is 0 Å². The summed E-state index contributed by atoms with van der Waals surface area (Å²) < 4.78 is 38.1. The minimum Gasteiger partial charge on any atom is -0.444 e. The molecule has 0 bridgehead atoms. The van der Waals surface area contributed by atoms with Crippen LogP contribution in [0.25, 0.3) is 0 Å². The molecule has 2 aromatic carbocycles. The lowest BCUT2D eigenvalue weighted by atomic mass is 9.84. The maximum Gasteiger partial charge on any atom is 0.410 e. The number of rotatable bonds is 6. The van der Waals surface area contributed by atoms with Crippen molar-refractivity contribution in [1.29, 1.82) is 5.26 Å². The van der Waals surface area contributed by atoms with E-state index in [1.807, 2.05) is 47.6 Å². The maximum absolute atomic E-state index is 13.7. The molecule has 49 heavy (non-hydrogen) atoms. The Morgan fingerprint density at radius 3 is 1.61 bits per heavy atom. The van der Waals surface area contributed by atoms with Crippen LogP contribution in [0.4, 0.5) is 29.7 Å². The fourth-order valence-electron chi connectivity index (χ4n) is 5.49. The molecule has 13 heteroatoms. The van der Waals surface area contributed by atoms with Gasteiger partial charge in [0.2, 0.25) is 0 Å². The first-order valence-corrected chi connectivity index (χ1v) is 17.0. The summed E-state index contributed by atoms with van der Waals surface area (Å²) in [5.74, 6) is -0.993.